The molecule has 1 aliphatic heterocycles. The molecule has 0 aliphatic carbocycles. The third kappa shape index (κ3) is 6.26. The van der Waals surface area contributed by atoms with E-state index < -0.39 is 24.1 Å². The Kier molecular flexibility index (Phi) is 8.54. The zero-order valence-corrected chi connectivity index (χ0v) is 18.5. The molecule has 3 atom stereocenters. The van der Waals surface area contributed by atoms with E-state index in [9.17, 15) is 19.5 Å². The van der Waals surface area contributed by atoms with Gasteiger partial charge in [-0.1, -0.05) is 26.0 Å². The van der Waals surface area contributed by atoms with E-state index in [2.05, 4.69) is 16.7 Å². The van der Waals surface area contributed by atoms with Gasteiger partial charge in [-0.2, -0.15) is 5.26 Å². The summed E-state index contributed by atoms with van der Waals surface area (Å²) in [5.74, 6) is -1.94. The van der Waals surface area contributed by atoms with Crippen LogP contribution in [-0.4, -0.2) is 77.5 Å². The van der Waals surface area contributed by atoms with Gasteiger partial charge in [0.05, 0.1) is 17.7 Å². The van der Waals surface area contributed by atoms with E-state index >= 15 is 0 Å². The number of piperazine rings is 1. The Bertz CT molecular complexity index is 833. The highest BCUT2D eigenvalue weighted by Crippen LogP contribution is 2.17. The summed E-state index contributed by atoms with van der Waals surface area (Å²) < 4.78 is 0. The zero-order chi connectivity index (χ0) is 23.1. The molecule has 9 nitrogen and oxygen atoms in total. The number of hydrogen-bond donors (Lipinski definition) is 3. The van der Waals surface area contributed by atoms with Crippen LogP contribution in [0.25, 0.3) is 0 Å². The smallest absolute Gasteiger partial charge is 0.327 e. The molecule has 0 radical (unpaired) electrons. The maximum absolute atomic E-state index is 13.2. The van der Waals surface area contributed by atoms with Crippen LogP contribution in [0.4, 0.5) is 0 Å². The minimum atomic E-state index is -1.07. The molecule has 1 aromatic carbocycles. The van der Waals surface area contributed by atoms with Crippen LogP contribution in [0.1, 0.15) is 31.9 Å². The number of likely N-dealkylation sites (N-methyl/N-ethyl adjacent to an activating group) is 1. The highest BCUT2D eigenvalue weighted by atomic mass is 16.4. The van der Waals surface area contributed by atoms with Gasteiger partial charge in [-0.25, -0.2) is 4.79 Å². The predicted octanol–water partition coefficient (Wildman–Crippen LogP) is 0.404. The monoisotopic (exact) mass is 429 g/mol. The van der Waals surface area contributed by atoms with Crippen molar-refractivity contribution < 1.29 is 19.5 Å². The highest BCUT2D eigenvalue weighted by Gasteiger charge is 2.39. The summed E-state index contributed by atoms with van der Waals surface area (Å²) in [4.78, 5) is 40.8. The van der Waals surface area contributed by atoms with Crippen molar-refractivity contribution in [2.45, 2.75) is 45.4 Å². The van der Waals surface area contributed by atoms with Gasteiger partial charge in [0.15, 0.2) is 0 Å². The lowest BCUT2D eigenvalue weighted by molar-refractivity contribution is -0.155. The molecule has 1 aliphatic rings. The van der Waals surface area contributed by atoms with Crippen molar-refractivity contribution in [3.05, 3.63) is 35.4 Å². The van der Waals surface area contributed by atoms with Crippen molar-refractivity contribution in [1.82, 2.24) is 20.4 Å². The average Bonchev–Trinajstić information content (AvgIpc) is 2.76. The highest BCUT2D eigenvalue weighted by molar-refractivity contribution is 5.92. The molecule has 0 bridgehead atoms. The van der Waals surface area contributed by atoms with Crippen molar-refractivity contribution >= 4 is 17.8 Å². The number of amides is 2. The van der Waals surface area contributed by atoms with E-state index in [1.807, 2.05) is 30.9 Å². The van der Waals surface area contributed by atoms with Gasteiger partial charge in [0, 0.05) is 26.2 Å². The number of carboxylic acids is 1. The van der Waals surface area contributed by atoms with Gasteiger partial charge in [-0.05, 0) is 37.6 Å². The van der Waals surface area contributed by atoms with Crippen molar-refractivity contribution in [3.8, 4) is 6.07 Å². The molecular weight excluding hydrogens is 398 g/mol. The molecule has 2 rings (SSSR count). The van der Waals surface area contributed by atoms with Crippen LogP contribution in [0.2, 0.25) is 0 Å². The first-order chi connectivity index (χ1) is 14.7. The van der Waals surface area contributed by atoms with E-state index in [1.54, 1.807) is 26.1 Å². The topological polar surface area (TPSA) is 126 Å². The minimum Gasteiger partial charge on any atom is -0.480 e. The van der Waals surface area contributed by atoms with Crippen molar-refractivity contribution in [3.63, 3.8) is 0 Å². The van der Waals surface area contributed by atoms with Crippen molar-refractivity contribution in [1.29, 1.82) is 5.26 Å². The van der Waals surface area contributed by atoms with Gasteiger partial charge in [0.1, 0.15) is 12.1 Å². The standard InChI is InChI=1S/C22H31N5O4/c1-14(2)19(25-20(28)15(3)24-4)21(29)27-10-9-26(13-18(27)22(30)31)12-17-7-5-16(11-23)6-8-17/h5-8,14-15,18-19,24H,9-10,12-13H2,1-4H3,(H,25,28)(H,30,31). The summed E-state index contributed by atoms with van der Waals surface area (Å²) in [6.07, 6.45) is 0. The number of benzene rings is 1. The molecule has 0 spiro atoms. The predicted molar refractivity (Wildman–Crippen MR) is 115 cm³/mol. The minimum absolute atomic E-state index is 0.187. The van der Waals surface area contributed by atoms with Crippen LogP contribution in [0.3, 0.4) is 0 Å². The molecular formula is C22H31N5O4. The fraction of sp³-hybridized carbons (Fsp3) is 0.545. The normalized spacial score (nSPS) is 18.8. The Morgan fingerprint density at radius 1 is 1.19 bits per heavy atom. The average molecular weight is 430 g/mol. The summed E-state index contributed by atoms with van der Waals surface area (Å²) in [6, 6.07) is 6.96. The largest absolute Gasteiger partial charge is 0.480 e. The lowest BCUT2D eigenvalue weighted by Crippen LogP contribution is -2.63. The van der Waals surface area contributed by atoms with Crippen molar-refractivity contribution in [2.75, 3.05) is 26.7 Å². The zero-order valence-electron chi connectivity index (χ0n) is 18.5. The van der Waals surface area contributed by atoms with E-state index in [1.165, 1.54) is 4.90 Å². The van der Waals surface area contributed by atoms with E-state index in [0.29, 0.717) is 18.7 Å². The molecule has 3 N–H and O–H groups in total. The molecule has 9 heteroatoms. The fourth-order valence-corrected chi connectivity index (χ4v) is 3.50. The van der Waals surface area contributed by atoms with Crippen LogP contribution in [0.15, 0.2) is 24.3 Å². The van der Waals surface area contributed by atoms with Crippen LogP contribution in [0.5, 0.6) is 0 Å². The van der Waals surface area contributed by atoms with E-state index in [4.69, 9.17) is 5.26 Å². The van der Waals surface area contributed by atoms with E-state index in [-0.39, 0.29) is 30.8 Å². The number of carboxylic acid groups (broad SMARTS) is 1. The molecule has 3 unspecified atom stereocenters. The summed E-state index contributed by atoms with van der Waals surface area (Å²) in [6.45, 7) is 6.83. The summed E-state index contributed by atoms with van der Waals surface area (Å²) in [5.41, 5.74) is 1.54. The summed E-state index contributed by atoms with van der Waals surface area (Å²) in [5, 5.41) is 24.3. The second kappa shape index (κ2) is 10.9. The SMILES string of the molecule is CNC(C)C(=O)NC(C(=O)N1CCN(Cc2ccc(C#N)cc2)CC1C(=O)O)C(C)C. The first-order valence-electron chi connectivity index (χ1n) is 10.4. The first kappa shape index (κ1) is 24.3. The number of hydrogen-bond acceptors (Lipinski definition) is 6. The summed E-state index contributed by atoms with van der Waals surface area (Å²) >= 11 is 0. The first-order valence-corrected chi connectivity index (χ1v) is 10.4. The molecule has 168 valence electrons. The van der Waals surface area contributed by atoms with Crippen molar-refractivity contribution in [2.24, 2.45) is 5.92 Å². The lowest BCUT2D eigenvalue weighted by atomic mass is 10.00. The lowest BCUT2D eigenvalue weighted by Gasteiger charge is -2.41. The van der Waals surface area contributed by atoms with Crippen LogP contribution in [0, 0.1) is 17.2 Å². The maximum Gasteiger partial charge on any atom is 0.327 e. The van der Waals surface area contributed by atoms with Gasteiger partial charge in [-0.3, -0.25) is 14.5 Å². The van der Waals surface area contributed by atoms with Gasteiger partial charge in [0.25, 0.3) is 0 Å². The number of aliphatic carboxylic acids is 1. The van der Waals surface area contributed by atoms with Gasteiger partial charge >= 0.3 is 5.97 Å². The van der Waals surface area contributed by atoms with Crippen LogP contribution in [-0.2, 0) is 20.9 Å². The van der Waals surface area contributed by atoms with Gasteiger partial charge < -0.3 is 20.6 Å². The molecule has 1 heterocycles. The number of nitrogens with zero attached hydrogens (tertiary/aromatic N) is 3. The van der Waals surface area contributed by atoms with Gasteiger partial charge in [-0.15, -0.1) is 0 Å². The van der Waals surface area contributed by atoms with Gasteiger partial charge in [0.2, 0.25) is 11.8 Å². The van der Waals surface area contributed by atoms with Crippen LogP contribution < -0.4 is 10.6 Å². The Morgan fingerprint density at radius 2 is 1.84 bits per heavy atom. The number of nitrogens with one attached hydrogen (secondary N) is 2. The molecule has 31 heavy (non-hydrogen) atoms. The summed E-state index contributed by atoms with van der Waals surface area (Å²) in [7, 11) is 1.66. The molecule has 1 saturated heterocycles. The molecule has 2 amide bonds. The Balaban J connectivity index is 2.11. The number of rotatable bonds is 8. The Morgan fingerprint density at radius 3 is 2.35 bits per heavy atom. The third-order valence-electron chi connectivity index (χ3n) is 5.58. The van der Waals surface area contributed by atoms with E-state index in [0.717, 1.165) is 5.56 Å². The second-order valence-corrected chi connectivity index (χ2v) is 8.17. The molecule has 0 aromatic heterocycles. The van der Waals surface area contributed by atoms with Crippen LogP contribution >= 0.6 is 0 Å². The maximum atomic E-state index is 13.2. The molecule has 0 saturated carbocycles. The fourth-order valence-electron chi connectivity index (χ4n) is 3.50. The number of nitriles is 1. The number of carbonyl (C=O) groups excluding carboxylic acids is 2. The molecule has 1 fully saturated rings. The second-order valence-electron chi connectivity index (χ2n) is 8.17. The third-order valence-corrected chi connectivity index (χ3v) is 5.58. The number of carbonyl (C=O) groups is 3. The molecule has 1 aromatic rings. The Hall–Kier alpha value is -2.96. The quantitative estimate of drug-likeness (QED) is 0.546. The Labute approximate surface area is 183 Å².